The molecule has 96 valence electrons. The van der Waals surface area contributed by atoms with E-state index < -0.39 is 5.82 Å². The van der Waals surface area contributed by atoms with Gasteiger partial charge in [0.1, 0.15) is 5.82 Å². The molecule has 0 saturated heterocycles. The number of H-pyrrole nitrogens is 1. The molecule has 2 aromatic carbocycles. The molecule has 1 heterocycles. The highest BCUT2D eigenvalue weighted by molar-refractivity contribution is 9.10. The number of aromatic nitrogens is 2. The Morgan fingerprint density at radius 3 is 2.74 bits per heavy atom. The van der Waals surface area contributed by atoms with E-state index in [-0.39, 0.29) is 0 Å². The van der Waals surface area contributed by atoms with Gasteiger partial charge >= 0.3 is 0 Å². The van der Waals surface area contributed by atoms with Crippen LogP contribution in [0.15, 0.2) is 40.9 Å². The number of rotatable bonds is 1. The topological polar surface area (TPSA) is 20.7 Å². The summed E-state index contributed by atoms with van der Waals surface area (Å²) >= 11 is 14.4. The summed E-state index contributed by atoms with van der Waals surface area (Å²) in [6, 6.07) is 10.2. The van der Waals surface area contributed by atoms with Crippen molar-refractivity contribution in [3.8, 4) is 5.69 Å². The van der Waals surface area contributed by atoms with E-state index in [1.165, 1.54) is 6.07 Å². The summed E-state index contributed by atoms with van der Waals surface area (Å²) in [5, 5.41) is 0.357. The summed E-state index contributed by atoms with van der Waals surface area (Å²) < 4.78 is 17.1. The molecule has 1 N–H and O–H groups in total. The molecule has 3 aromatic rings. The predicted octanol–water partition coefficient (Wildman–Crippen LogP) is 5.24. The Balaban J connectivity index is 2.36. The Labute approximate surface area is 127 Å². The molecule has 0 radical (unpaired) electrons. The first-order valence-corrected chi connectivity index (χ1v) is 7.00. The molecule has 1 aromatic heterocycles. The lowest BCUT2D eigenvalue weighted by Gasteiger charge is -2.06. The van der Waals surface area contributed by atoms with Crippen LogP contribution in [0.1, 0.15) is 0 Å². The Kier molecular flexibility index (Phi) is 3.20. The fraction of sp³-hybridized carbons (Fsp3) is 0. The third kappa shape index (κ3) is 2.22. The molecule has 3 rings (SSSR count). The summed E-state index contributed by atoms with van der Waals surface area (Å²) in [4.78, 5) is 3.06. The first-order chi connectivity index (χ1) is 9.06. The largest absolute Gasteiger partial charge is 0.330 e. The highest BCUT2D eigenvalue weighted by Gasteiger charge is 2.11. The number of hydrogen-bond donors (Lipinski definition) is 1. The van der Waals surface area contributed by atoms with E-state index in [4.69, 9.17) is 23.8 Å². The summed E-state index contributed by atoms with van der Waals surface area (Å²) in [6.45, 7) is 0. The zero-order valence-electron chi connectivity index (χ0n) is 9.45. The number of nitrogens with zero attached hydrogens (tertiary/aromatic N) is 1. The predicted molar refractivity (Wildman–Crippen MR) is 81.1 cm³/mol. The zero-order chi connectivity index (χ0) is 13.6. The third-order valence-corrected chi connectivity index (χ3v) is 3.81. The second kappa shape index (κ2) is 4.74. The number of benzene rings is 2. The average molecular weight is 358 g/mol. The minimum absolute atomic E-state index is 0.357. The number of imidazole rings is 1. The Morgan fingerprint density at radius 1 is 1.21 bits per heavy atom. The Morgan fingerprint density at radius 2 is 2.00 bits per heavy atom. The van der Waals surface area contributed by atoms with E-state index in [0.717, 1.165) is 15.5 Å². The van der Waals surface area contributed by atoms with Crippen LogP contribution in [0.4, 0.5) is 4.39 Å². The van der Waals surface area contributed by atoms with Crippen LogP contribution in [0.3, 0.4) is 0 Å². The molecule has 2 nitrogen and oxygen atoms in total. The Bertz CT molecular complexity index is 840. The van der Waals surface area contributed by atoms with Crippen molar-refractivity contribution < 1.29 is 4.39 Å². The standard InChI is InChI=1S/C13H7BrClFN2S/c14-7-1-3-12-10(5-7)17-13(19)18(12)11-4-2-8(15)6-9(11)16/h1-6H,(H,17,19). The second-order valence-electron chi connectivity index (χ2n) is 4.02. The molecule has 0 saturated carbocycles. The van der Waals surface area contributed by atoms with Gasteiger partial charge in [-0.3, -0.25) is 4.57 Å². The zero-order valence-corrected chi connectivity index (χ0v) is 12.6. The van der Waals surface area contributed by atoms with E-state index in [1.807, 2.05) is 18.2 Å². The molecular weight excluding hydrogens is 351 g/mol. The van der Waals surface area contributed by atoms with E-state index in [0.29, 0.717) is 15.5 Å². The molecule has 19 heavy (non-hydrogen) atoms. The SMILES string of the molecule is Fc1cc(Cl)ccc1-n1c(=S)[nH]c2cc(Br)ccc21. The van der Waals surface area contributed by atoms with Gasteiger partial charge in [0.15, 0.2) is 4.77 Å². The van der Waals surface area contributed by atoms with Crippen LogP contribution in [-0.2, 0) is 0 Å². The van der Waals surface area contributed by atoms with Gasteiger partial charge in [0, 0.05) is 9.50 Å². The van der Waals surface area contributed by atoms with E-state index in [9.17, 15) is 4.39 Å². The third-order valence-electron chi connectivity index (χ3n) is 2.79. The second-order valence-corrected chi connectivity index (χ2v) is 5.76. The van der Waals surface area contributed by atoms with Crippen molar-refractivity contribution >= 4 is 50.8 Å². The molecule has 6 heteroatoms. The normalized spacial score (nSPS) is 11.1. The first-order valence-electron chi connectivity index (χ1n) is 5.42. The lowest BCUT2D eigenvalue weighted by molar-refractivity contribution is 0.619. The highest BCUT2D eigenvalue weighted by Crippen LogP contribution is 2.25. The molecule has 0 amide bonds. The quantitative estimate of drug-likeness (QED) is 0.590. The highest BCUT2D eigenvalue weighted by atomic mass is 79.9. The number of fused-ring (bicyclic) bond motifs is 1. The van der Waals surface area contributed by atoms with Crippen molar-refractivity contribution in [3.05, 3.63) is 56.5 Å². The maximum Gasteiger partial charge on any atom is 0.182 e. The first kappa shape index (κ1) is 12.8. The maximum absolute atomic E-state index is 14.0. The molecule has 0 unspecified atom stereocenters. The van der Waals surface area contributed by atoms with Gasteiger partial charge < -0.3 is 4.98 Å². The van der Waals surface area contributed by atoms with Gasteiger partial charge in [-0.15, -0.1) is 0 Å². The molecule has 0 bridgehead atoms. The molecular formula is C13H7BrClFN2S. The molecule has 0 fully saturated rings. The van der Waals surface area contributed by atoms with Gasteiger partial charge in [-0.1, -0.05) is 27.5 Å². The van der Waals surface area contributed by atoms with E-state index >= 15 is 0 Å². The monoisotopic (exact) mass is 356 g/mol. The van der Waals surface area contributed by atoms with Gasteiger partial charge in [-0.05, 0) is 48.6 Å². The number of aromatic amines is 1. The summed E-state index contributed by atoms with van der Waals surface area (Å²) in [5.41, 5.74) is 2.03. The van der Waals surface area contributed by atoms with Gasteiger partial charge in [0.2, 0.25) is 0 Å². The lowest BCUT2D eigenvalue weighted by Crippen LogP contribution is -1.97. The Hall–Kier alpha value is -1.17. The van der Waals surface area contributed by atoms with Crippen LogP contribution in [-0.4, -0.2) is 9.55 Å². The maximum atomic E-state index is 14.0. The molecule has 0 aliphatic rings. The van der Waals surface area contributed by atoms with Crippen molar-refractivity contribution in [1.82, 2.24) is 9.55 Å². The lowest BCUT2D eigenvalue weighted by atomic mass is 10.2. The van der Waals surface area contributed by atoms with Crippen LogP contribution in [0.2, 0.25) is 5.02 Å². The van der Waals surface area contributed by atoms with Crippen LogP contribution < -0.4 is 0 Å². The minimum atomic E-state index is -0.410. The van der Waals surface area contributed by atoms with Crippen molar-refractivity contribution in [2.45, 2.75) is 0 Å². The van der Waals surface area contributed by atoms with Crippen molar-refractivity contribution in [2.24, 2.45) is 0 Å². The molecule has 0 atom stereocenters. The van der Waals surface area contributed by atoms with Crippen LogP contribution >= 0.6 is 39.7 Å². The van der Waals surface area contributed by atoms with Gasteiger partial charge in [-0.2, -0.15) is 0 Å². The summed E-state index contributed by atoms with van der Waals surface area (Å²) in [7, 11) is 0. The fourth-order valence-corrected chi connectivity index (χ4v) is 2.81. The van der Waals surface area contributed by atoms with Crippen molar-refractivity contribution in [1.29, 1.82) is 0 Å². The number of halogens is 3. The van der Waals surface area contributed by atoms with Crippen LogP contribution in [0.5, 0.6) is 0 Å². The summed E-state index contributed by atoms with van der Waals surface area (Å²) in [6.07, 6.45) is 0. The van der Waals surface area contributed by atoms with Gasteiger partial charge in [0.05, 0.1) is 16.7 Å². The number of nitrogens with one attached hydrogen (secondary N) is 1. The van der Waals surface area contributed by atoms with E-state index in [1.54, 1.807) is 16.7 Å². The molecule has 0 spiro atoms. The van der Waals surface area contributed by atoms with Gasteiger partial charge in [0.25, 0.3) is 0 Å². The number of hydrogen-bond acceptors (Lipinski definition) is 1. The minimum Gasteiger partial charge on any atom is -0.330 e. The fourth-order valence-electron chi connectivity index (χ4n) is 1.99. The summed E-state index contributed by atoms with van der Waals surface area (Å²) in [5.74, 6) is -0.410. The smallest absolute Gasteiger partial charge is 0.182 e. The van der Waals surface area contributed by atoms with Gasteiger partial charge in [-0.25, -0.2) is 4.39 Å². The van der Waals surface area contributed by atoms with Crippen molar-refractivity contribution in [2.75, 3.05) is 0 Å². The van der Waals surface area contributed by atoms with Crippen LogP contribution in [0, 0.1) is 10.6 Å². The van der Waals surface area contributed by atoms with Crippen LogP contribution in [0.25, 0.3) is 16.7 Å². The average Bonchev–Trinajstić information content (AvgIpc) is 2.65. The molecule has 0 aliphatic heterocycles. The van der Waals surface area contributed by atoms with Crippen molar-refractivity contribution in [3.63, 3.8) is 0 Å². The van der Waals surface area contributed by atoms with E-state index in [2.05, 4.69) is 20.9 Å². The molecule has 0 aliphatic carbocycles.